The van der Waals surface area contributed by atoms with Gasteiger partial charge in [-0.1, -0.05) is 33.0 Å². The number of nitrogens with two attached hydrogens (primary N) is 1. The zero-order valence-corrected chi connectivity index (χ0v) is 17.2. The third kappa shape index (κ3) is 3.33. The van der Waals surface area contributed by atoms with Gasteiger partial charge in [-0.3, -0.25) is 4.57 Å². The van der Waals surface area contributed by atoms with E-state index in [2.05, 4.69) is 48.8 Å². The van der Waals surface area contributed by atoms with E-state index < -0.39 is 9.04 Å². The van der Waals surface area contributed by atoms with Crippen molar-refractivity contribution in [2.75, 3.05) is 5.73 Å². The molecule has 2 N–H and O–H groups in total. The van der Waals surface area contributed by atoms with Crippen LogP contribution in [0.15, 0.2) is 12.7 Å². The first-order valence-corrected chi connectivity index (χ1v) is 11.7. The van der Waals surface area contributed by atoms with Crippen molar-refractivity contribution >= 4 is 43.6 Å². The maximum Gasteiger partial charge on any atom is 0.171 e. The minimum Gasteiger partial charge on any atom is -0.414 e. The molecular formula is C16H25N5O2SSi. The highest BCUT2D eigenvalue weighted by molar-refractivity contribution is 7.79. The van der Waals surface area contributed by atoms with Gasteiger partial charge in [0.2, 0.25) is 0 Å². The second-order valence-electron chi connectivity index (χ2n) is 7.76. The number of imidazole rings is 1. The van der Waals surface area contributed by atoms with Crippen molar-refractivity contribution in [2.45, 2.75) is 52.3 Å². The predicted octanol–water partition coefficient (Wildman–Crippen LogP) is 2.34. The van der Waals surface area contributed by atoms with Gasteiger partial charge in [-0.05, 0) is 23.9 Å². The van der Waals surface area contributed by atoms with E-state index in [1.807, 2.05) is 4.57 Å². The molecule has 0 spiro atoms. The van der Waals surface area contributed by atoms with Crippen molar-refractivity contribution in [2.24, 2.45) is 11.3 Å². The van der Waals surface area contributed by atoms with Crippen LogP contribution in [0.2, 0.25) is 13.1 Å². The summed E-state index contributed by atoms with van der Waals surface area (Å²) in [5.74, 6) is 0.404. The predicted molar refractivity (Wildman–Crippen MR) is 104 cm³/mol. The SMILES string of the molecule is C[SiH](C)OC([C@H]1O[C@@H](n2cnc3c(N)ncnc32)[C@@H]1C=S)C(C)(C)C. The van der Waals surface area contributed by atoms with E-state index in [0.717, 1.165) is 0 Å². The van der Waals surface area contributed by atoms with Crippen LogP contribution in [0.4, 0.5) is 5.82 Å². The fourth-order valence-electron chi connectivity index (χ4n) is 3.21. The second kappa shape index (κ2) is 6.71. The van der Waals surface area contributed by atoms with Gasteiger partial charge < -0.3 is 14.9 Å². The van der Waals surface area contributed by atoms with Gasteiger partial charge >= 0.3 is 0 Å². The van der Waals surface area contributed by atoms with Crippen molar-refractivity contribution in [1.82, 2.24) is 19.5 Å². The van der Waals surface area contributed by atoms with Crippen LogP contribution in [0.25, 0.3) is 11.2 Å². The van der Waals surface area contributed by atoms with Crippen molar-refractivity contribution < 1.29 is 9.16 Å². The van der Waals surface area contributed by atoms with Crippen LogP contribution < -0.4 is 5.73 Å². The third-order valence-electron chi connectivity index (χ3n) is 4.39. The largest absolute Gasteiger partial charge is 0.414 e. The highest BCUT2D eigenvalue weighted by atomic mass is 32.1. The molecule has 1 aliphatic heterocycles. The van der Waals surface area contributed by atoms with E-state index in [-0.39, 0.29) is 29.8 Å². The Morgan fingerprint density at radius 2 is 2.08 bits per heavy atom. The third-order valence-corrected chi connectivity index (χ3v) is 5.55. The van der Waals surface area contributed by atoms with Crippen molar-refractivity contribution in [1.29, 1.82) is 0 Å². The summed E-state index contributed by atoms with van der Waals surface area (Å²) >= 11 is 5.32. The Morgan fingerprint density at radius 3 is 2.68 bits per heavy atom. The van der Waals surface area contributed by atoms with E-state index >= 15 is 0 Å². The molecule has 2 aromatic rings. The molecule has 0 saturated carbocycles. The topological polar surface area (TPSA) is 88.1 Å². The molecule has 0 aliphatic carbocycles. The number of fused-ring (bicyclic) bond motifs is 1. The number of nitrogens with zero attached hydrogens (tertiary/aromatic N) is 4. The number of anilines is 1. The van der Waals surface area contributed by atoms with E-state index in [1.165, 1.54) is 6.33 Å². The van der Waals surface area contributed by atoms with E-state index in [4.69, 9.17) is 27.1 Å². The fraction of sp³-hybridized carbons (Fsp3) is 0.625. The summed E-state index contributed by atoms with van der Waals surface area (Å²) in [6, 6.07) is 0. The van der Waals surface area contributed by atoms with E-state index in [9.17, 15) is 0 Å². The zero-order chi connectivity index (χ0) is 18.4. The molecular weight excluding hydrogens is 354 g/mol. The summed E-state index contributed by atoms with van der Waals surface area (Å²) in [6.07, 6.45) is 2.79. The summed E-state index contributed by atoms with van der Waals surface area (Å²) in [4.78, 5) is 12.6. The molecule has 3 heterocycles. The second-order valence-corrected chi connectivity index (χ2v) is 10.4. The maximum atomic E-state index is 6.30. The molecule has 0 amide bonds. The maximum absolute atomic E-state index is 6.30. The van der Waals surface area contributed by atoms with E-state index in [0.29, 0.717) is 17.0 Å². The first-order valence-electron chi connectivity index (χ1n) is 8.43. The molecule has 1 aliphatic rings. The van der Waals surface area contributed by atoms with Gasteiger partial charge in [0, 0.05) is 0 Å². The molecule has 0 bridgehead atoms. The Morgan fingerprint density at radius 1 is 1.36 bits per heavy atom. The van der Waals surface area contributed by atoms with Gasteiger partial charge in [-0.25, -0.2) is 15.0 Å². The van der Waals surface area contributed by atoms with Crippen LogP contribution in [0.3, 0.4) is 0 Å². The van der Waals surface area contributed by atoms with Gasteiger partial charge in [0.25, 0.3) is 0 Å². The Bertz CT molecular complexity index is 775. The monoisotopic (exact) mass is 379 g/mol. The number of hydrogen-bond acceptors (Lipinski definition) is 7. The fourth-order valence-corrected chi connectivity index (χ4v) is 4.65. The van der Waals surface area contributed by atoms with Crippen molar-refractivity contribution in [3.05, 3.63) is 12.7 Å². The molecule has 0 aromatic carbocycles. The summed E-state index contributed by atoms with van der Waals surface area (Å²) in [5.41, 5.74) is 7.07. The molecule has 1 saturated heterocycles. The lowest BCUT2D eigenvalue weighted by Gasteiger charge is -2.50. The number of thiocarbonyl (C=S) groups is 1. The average molecular weight is 380 g/mol. The van der Waals surface area contributed by atoms with Crippen LogP contribution >= 0.6 is 12.2 Å². The number of rotatable bonds is 5. The molecule has 3 rings (SSSR count). The molecule has 0 radical (unpaired) electrons. The Hall–Kier alpha value is -1.42. The summed E-state index contributed by atoms with van der Waals surface area (Å²) in [7, 11) is -1.22. The molecule has 25 heavy (non-hydrogen) atoms. The van der Waals surface area contributed by atoms with Crippen LogP contribution in [-0.2, 0) is 9.16 Å². The lowest BCUT2D eigenvalue weighted by Crippen LogP contribution is -2.57. The van der Waals surface area contributed by atoms with Gasteiger partial charge in [-0.15, -0.1) is 0 Å². The van der Waals surface area contributed by atoms with Crippen molar-refractivity contribution in [3.63, 3.8) is 0 Å². The highest BCUT2D eigenvalue weighted by Crippen LogP contribution is 2.44. The van der Waals surface area contributed by atoms with E-state index in [1.54, 1.807) is 11.7 Å². The minimum absolute atomic E-state index is 0.00547. The van der Waals surface area contributed by atoms with Gasteiger partial charge in [0.1, 0.15) is 18.1 Å². The number of nitrogen functional groups attached to an aromatic ring is 1. The standard InChI is InChI=1S/C16H25N5O2SSi/c1-16(2,3)12(23-25(4)5)11-9(6-24)15(22-11)21-8-20-10-13(17)18-7-19-14(10)21/h6-9,11-12,15,25H,1-5H3,(H2,17,18,19)/t9-,11+,12?,15-/m1/s1. The minimum atomic E-state index is -1.22. The van der Waals surface area contributed by atoms with Gasteiger partial charge in [-0.2, -0.15) is 0 Å². The smallest absolute Gasteiger partial charge is 0.171 e. The zero-order valence-electron chi connectivity index (χ0n) is 15.2. The summed E-state index contributed by atoms with van der Waals surface area (Å²) < 4.78 is 14.4. The molecule has 4 atom stereocenters. The van der Waals surface area contributed by atoms with Crippen LogP contribution in [-0.4, -0.2) is 46.1 Å². The lowest BCUT2D eigenvalue weighted by atomic mass is 9.78. The lowest BCUT2D eigenvalue weighted by molar-refractivity contribution is -0.240. The van der Waals surface area contributed by atoms with Gasteiger partial charge in [0.05, 0.1) is 24.5 Å². The molecule has 1 fully saturated rings. The van der Waals surface area contributed by atoms with Crippen LogP contribution in [0.1, 0.15) is 27.0 Å². The van der Waals surface area contributed by atoms with Crippen LogP contribution in [0, 0.1) is 11.3 Å². The quantitative estimate of drug-likeness (QED) is 0.630. The Labute approximate surface area is 154 Å². The highest BCUT2D eigenvalue weighted by Gasteiger charge is 2.50. The van der Waals surface area contributed by atoms with Crippen LogP contribution in [0.5, 0.6) is 0 Å². The molecule has 7 nitrogen and oxygen atoms in total. The average Bonchev–Trinajstić information content (AvgIpc) is 2.90. The Kier molecular flexibility index (Phi) is 4.93. The number of aromatic nitrogens is 4. The first-order chi connectivity index (χ1) is 11.7. The molecule has 136 valence electrons. The first kappa shape index (κ1) is 18.4. The molecule has 9 heteroatoms. The normalized spacial score (nSPS) is 25.1. The Balaban J connectivity index is 1.89. The summed E-state index contributed by atoms with van der Waals surface area (Å²) in [6.45, 7) is 10.9. The molecule has 2 aromatic heterocycles. The van der Waals surface area contributed by atoms with Crippen molar-refractivity contribution in [3.8, 4) is 0 Å². The van der Waals surface area contributed by atoms with Gasteiger partial charge in [0.15, 0.2) is 20.5 Å². The number of hydrogen-bond donors (Lipinski definition) is 1. The number of ether oxygens (including phenoxy) is 1. The molecule has 1 unspecified atom stereocenters. The summed E-state index contributed by atoms with van der Waals surface area (Å²) in [5, 5.41) is 1.78.